The Hall–Kier alpha value is -7.56. The second-order valence-corrected chi connectivity index (χ2v) is 17.6. The SMILES string of the molecule is CC1=CC=C(C)C(N(c2ccccc2)c2cccc3c2c2cccc4c5cc6c(cc5n3c42)c2cccc3c4c(N(c5ccccc5)c5cc(C)ccc5C)cccc4n6c23)C1. The van der Waals surface area contributed by atoms with Gasteiger partial charge in [-0.15, -0.1) is 0 Å². The lowest BCUT2D eigenvalue weighted by molar-refractivity contribution is 0.719. The molecule has 1 atom stereocenters. The summed E-state index contributed by atoms with van der Waals surface area (Å²) < 4.78 is 5.10. The maximum absolute atomic E-state index is 2.60. The summed E-state index contributed by atoms with van der Waals surface area (Å²) in [6.07, 6.45) is 5.59. The summed E-state index contributed by atoms with van der Waals surface area (Å²) in [5.74, 6) is 0. The minimum Gasteiger partial charge on any atom is -0.333 e. The first kappa shape index (κ1) is 35.2. The molecular formula is C58H44N4. The Morgan fingerprint density at radius 2 is 0.984 bits per heavy atom. The summed E-state index contributed by atoms with van der Waals surface area (Å²) in [7, 11) is 0. The molecule has 4 heteroatoms. The largest absolute Gasteiger partial charge is 0.333 e. The van der Waals surface area contributed by atoms with E-state index in [1.165, 1.54) is 121 Å². The quantitative estimate of drug-likeness (QED) is 0.167. The van der Waals surface area contributed by atoms with Crippen molar-refractivity contribution < 1.29 is 0 Å². The van der Waals surface area contributed by atoms with Gasteiger partial charge in [0.25, 0.3) is 0 Å². The van der Waals surface area contributed by atoms with Crippen molar-refractivity contribution in [3.05, 3.63) is 198 Å². The molecule has 4 nitrogen and oxygen atoms in total. The van der Waals surface area contributed by atoms with Crippen molar-refractivity contribution in [2.24, 2.45) is 0 Å². The molecule has 296 valence electrons. The lowest BCUT2D eigenvalue weighted by Crippen LogP contribution is -2.33. The van der Waals surface area contributed by atoms with Crippen LogP contribution in [0.25, 0.3) is 76.2 Å². The summed E-state index contributed by atoms with van der Waals surface area (Å²) in [4.78, 5) is 5.06. The Morgan fingerprint density at radius 3 is 1.61 bits per heavy atom. The molecule has 4 aromatic heterocycles. The highest BCUT2D eigenvalue weighted by molar-refractivity contribution is 6.31. The van der Waals surface area contributed by atoms with E-state index in [9.17, 15) is 0 Å². The second-order valence-electron chi connectivity index (χ2n) is 17.6. The summed E-state index contributed by atoms with van der Waals surface area (Å²) in [5.41, 5.74) is 18.8. The highest BCUT2D eigenvalue weighted by Gasteiger charge is 2.30. The van der Waals surface area contributed by atoms with E-state index in [0.717, 1.165) is 12.1 Å². The number of fused-ring (bicyclic) bond motifs is 12. The van der Waals surface area contributed by atoms with Gasteiger partial charge in [0.05, 0.1) is 50.5 Å². The Labute approximate surface area is 360 Å². The average Bonchev–Trinajstić information content (AvgIpc) is 4.03. The Balaban J connectivity index is 1.09. The zero-order valence-corrected chi connectivity index (χ0v) is 35.3. The van der Waals surface area contributed by atoms with Gasteiger partial charge in [-0.25, -0.2) is 0 Å². The molecule has 0 radical (unpaired) electrons. The van der Waals surface area contributed by atoms with E-state index < -0.39 is 0 Å². The van der Waals surface area contributed by atoms with Crippen LogP contribution in [0.2, 0.25) is 0 Å². The van der Waals surface area contributed by atoms with E-state index in [2.05, 4.69) is 222 Å². The summed E-state index contributed by atoms with van der Waals surface area (Å²) in [5, 5.41) is 10.3. The van der Waals surface area contributed by atoms with Crippen LogP contribution in [0.4, 0.5) is 28.4 Å². The van der Waals surface area contributed by atoms with E-state index in [-0.39, 0.29) is 6.04 Å². The van der Waals surface area contributed by atoms with Crippen LogP contribution in [-0.4, -0.2) is 14.8 Å². The number of allylic oxidation sites excluding steroid dienone is 2. The first-order chi connectivity index (χ1) is 30.4. The zero-order valence-electron chi connectivity index (χ0n) is 35.3. The lowest BCUT2D eigenvalue weighted by atomic mass is 9.92. The Kier molecular flexibility index (Phi) is 7.37. The van der Waals surface area contributed by atoms with E-state index in [4.69, 9.17) is 0 Å². The van der Waals surface area contributed by atoms with Gasteiger partial charge in [-0.05, 0) is 112 Å². The third-order valence-electron chi connectivity index (χ3n) is 13.9. The van der Waals surface area contributed by atoms with Crippen molar-refractivity contribution in [1.29, 1.82) is 0 Å². The Morgan fingerprint density at radius 1 is 0.435 bits per heavy atom. The third kappa shape index (κ3) is 4.78. The van der Waals surface area contributed by atoms with E-state index in [1.807, 2.05) is 0 Å². The molecule has 0 N–H and O–H groups in total. The van der Waals surface area contributed by atoms with Crippen LogP contribution in [0.5, 0.6) is 0 Å². The molecule has 13 rings (SSSR count). The zero-order chi connectivity index (χ0) is 41.4. The van der Waals surface area contributed by atoms with Crippen molar-refractivity contribution in [2.45, 2.75) is 40.2 Å². The van der Waals surface area contributed by atoms with Crippen molar-refractivity contribution >= 4 is 105 Å². The van der Waals surface area contributed by atoms with Crippen molar-refractivity contribution in [1.82, 2.24) is 8.80 Å². The predicted molar refractivity (Wildman–Crippen MR) is 264 cm³/mol. The predicted octanol–water partition coefficient (Wildman–Crippen LogP) is 15.9. The number of benzene rings is 8. The normalized spacial score (nSPS) is 14.7. The van der Waals surface area contributed by atoms with Gasteiger partial charge in [-0.3, -0.25) is 0 Å². The highest BCUT2D eigenvalue weighted by atomic mass is 15.2. The van der Waals surface area contributed by atoms with Crippen LogP contribution >= 0.6 is 0 Å². The second kappa shape index (κ2) is 13.0. The minimum absolute atomic E-state index is 0.222. The van der Waals surface area contributed by atoms with E-state index in [0.29, 0.717) is 0 Å². The van der Waals surface area contributed by atoms with Gasteiger partial charge >= 0.3 is 0 Å². The van der Waals surface area contributed by atoms with Gasteiger partial charge in [0.1, 0.15) is 0 Å². The molecule has 0 bridgehead atoms. The number of hydrogen-bond acceptors (Lipinski definition) is 2. The van der Waals surface area contributed by atoms with Gasteiger partial charge in [0, 0.05) is 60.2 Å². The molecule has 0 fully saturated rings. The van der Waals surface area contributed by atoms with E-state index in [1.54, 1.807) is 0 Å². The molecule has 12 aromatic rings. The summed E-state index contributed by atoms with van der Waals surface area (Å²) >= 11 is 0. The number of para-hydroxylation sites is 4. The number of hydrogen-bond donors (Lipinski definition) is 0. The third-order valence-corrected chi connectivity index (χ3v) is 13.9. The van der Waals surface area contributed by atoms with Crippen LogP contribution in [0.3, 0.4) is 0 Å². The van der Waals surface area contributed by atoms with Gasteiger partial charge in [0.15, 0.2) is 0 Å². The van der Waals surface area contributed by atoms with E-state index >= 15 is 0 Å². The van der Waals surface area contributed by atoms with Crippen LogP contribution in [0, 0.1) is 13.8 Å². The molecule has 0 saturated carbocycles. The van der Waals surface area contributed by atoms with Crippen LogP contribution in [-0.2, 0) is 0 Å². The number of aromatic nitrogens is 2. The fraction of sp³-hybridized carbons (Fsp3) is 0.103. The highest BCUT2D eigenvalue weighted by Crippen LogP contribution is 2.50. The molecule has 8 aromatic carbocycles. The number of nitrogens with zero attached hydrogens (tertiary/aromatic N) is 4. The van der Waals surface area contributed by atoms with Gasteiger partial charge < -0.3 is 18.6 Å². The topological polar surface area (TPSA) is 15.3 Å². The van der Waals surface area contributed by atoms with Crippen molar-refractivity contribution in [3.8, 4) is 0 Å². The maximum Gasteiger partial charge on any atom is 0.0621 e. The summed E-state index contributed by atoms with van der Waals surface area (Å²) in [6.45, 7) is 8.96. The fourth-order valence-corrected chi connectivity index (χ4v) is 11.1. The molecule has 62 heavy (non-hydrogen) atoms. The van der Waals surface area contributed by atoms with Crippen molar-refractivity contribution in [2.75, 3.05) is 9.80 Å². The molecule has 0 saturated heterocycles. The number of anilines is 5. The molecule has 1 aliphatic carbocycles. The molecular weight excluding hydrogens is 753 g/mol. The average molecular weight is 797 g/mol. The van der Waals surface area contributed by atoms with Crippen molar-refractivity contribution in [3.63, 3.8) is 0 Å². The van der Waals surface area contributed by atoms with Gasteiger partial charge in [-0.2, -0.15) is 0 Å². The van der Waals surface area contributed by atoms with Gasteiger partial charge in [-0.1, -0.05) is 120 Å². The summed E-state index contributed by atoms with van der Waals surface area (Å²) in [6, 6.07) is 61.4. The van der Waals surface area contributed by atoms with Crippen LogP contribution in [0.1, 0.15) is 31.4 Å². The fourth-order valence-electron chi connectivity index (χ4n) is 11.1. The number of rotatable bonds is 6. The monoisotopic (exact) mass is 796 g/mol. The lowest BCUT2D eigenvalue weighted by Gasteiger charge is -2.37. The smallest absolute Gasteiger partial charge is 0.0621 e. The first-order valence-corrected chi connectivity index (χ1v) is 21.9. The molecule has 0 amide bonds. The standard InChI is InChI=1S/C58H44N4/c1-35-27-29-37(3)51(31-35)59(39-15-7-5-8-16-39)47-23-13-25-49-55(47)43-21-11-19-41-45-34-54-46(33-53(45)61(49)57(41)43)42-20-12-22-44-56-48(24-14-26-50(56)62(54)58(42)44)60(40-17-9-6-10-18-40)52-32-36(2)28-30-38(52)4/h5-31,33-34,52H,32H2,1-4H3. The number of aryl methyl sites for hydroxylation is 2. The molecule has 1 unspecified atom stereocenters. The molecule has 0 spiro atoms. The minimum atomic E-state index is 0.222. The van der Waals surface area contributed by atoms with Crippen LogP contribution < -0.4 is 9.80 Å². The Bertz CT molecular complexity index is 3830. The first-order valence-electron chi connectivity index (χ1n) is 21.9. The maximum atomic E-state index is 2.60. The molecule has 4 heterocycles. The molecule has 1 aliphatic rings. The molecule has 0 aliphatic heterocycles. The van der Waals surface area contributed by atoms with Crippen LogP contribution in [0.15, 0.2) is 187 Å². The van der Waals surface area contributed by atoms with Gasteiger partial charge in [0.2, 0.25) is 0 Å².